The summed E-state index contributed by atoms with van der Waals surface area (Å²) in [5.74, 6) is 0. The van der Waals surface area contributed by atoms with Crippen LogP contribution in [0.4, 0.5) is 0 Å². The van der Waals surface area contributed by atoms with Crippen LogP contribution >= 0.6 is 15.9 Å². The Morgan fingerprint density at radius 2 is 2.17 bits per heavy atom. The van der Waals surface area contributed by atoms with Gasteiger partial charge in [-0.2, -0.15) is 5.10 Å². The lowest BCUT2D eigenvalue weighted by Gasteiger charge is -2.36. The smallest absolute Gasteiger partial charge is 0.0743 e. The fourth-order valence-electron chi connectivity index (χ4n) is 2.45. The monoisotopic (exact) mass is 315 g/mol. The summed E-state index contributed by atoms with van der Waals surface area (Å²) in [6, 6.07) is 0.499. The Balaban J connectivity index is 1.85. The van der Waals surface area contributed by atoms with Crippen molar-refractivity contribution in [3.8, 4) is 0 Å². The second-order valence-corrected chi connectivity index (χ2v) is 6.41. The molecule has 1 unspecified atom stereocenters. The summed E-state index contributed by atoms with van der Waals surface area (Å²) in [4.78, 5) is 2.36. The molecule has 0 amide bonds. The zero-order valence-electron chi connectivity index (χ0n) is 11.1. The number of rotatable bonds is 4. The van der Waals surface area contributed by atoms with Crippen molar-refractivity contribution in [3.05, 3.63) is 16.9 Å². The lowest BCUT2D eigenvalue weighted by molar-refractivity contribution is 0.00675. The van der Waals surface area contributed by atoms with Gasteiger partial charge in [0.2, 0.25) is 0 Å². The normalized spacial score (nSPS) is 22.0. The highest BCUT2D eigenvalue weighted by molar-refractivity contribution is 9.10. The van der Waals surface area contributed by atoms with Gasteiger partial charge in [0.05, 0.1) is 22.3 Å². The Hall–Kier alpha value is -0.390. The van der Waals surface area contributed by atoms with Crippen molar-refractivity contribution in [3.63, 3.8) is 0 Å². The van der Waals surface area contributed by atoms with E-state index >= 15 is 0 Å². The minimum Gasteiger partial charge on any atom is -0.389 e. The number of likely N-dealkylation sites (tertiary alicyclic amines) is 1. The van der Waals surface area contributed by atoms with Crippen molar-refractivity contribution < 1.29 is 5.11 Å². The first-order valence-electron chi connectivity index (χ1n) is 6.64. The Kier molecular flexibility index (Phi) is 4.45. The van der Waals surface area contributed by atoms with Crippen molar-refractivity contribution in [1.29, 1.82) is 0 Å². The first-order chi connectivity index (χ1) is 8.50. The third kappa shape index (κ3) is 3.56. The summed E-state index contributed by atoms with van der Waals surface area (Å²) in [6.45, 7) is 6.81. The fourth-order valence-corrected chi connectivity index (χ4v) is 2.75. The molecule has 0 aromatic carbocycles. The molecule has 0 aliphatic carbocycles. The average Bonchev–Trinajstić information content (AvgIpc) is 2.76. The van der Waals surface area contributed by atoms with Crippen LogP contribution in [-0.2, 0) is 0 Å². The number of aromatic nitrogens is 2. The van der Waals surface area contributed by atoms with Crippen LogP contribution in [0.5, 0.6) is 0 Å². The summed E-state index contributed by atoms with van der Waals surface area (Å²) in [6.07, 6.45) is 6.90. The summed E-state index contributed by atoms with van der Waals surface area (Å²) in [5, 5.41) is 14.5. The van der Waals surface area contributed by atoms with Crippen molar-refractivity contribution in [2.75, 3.05) is 19.6 Å². The minimum absolute atomic E-state index is 0.499. The third-order valence-corrected chi connectivity index (χ3v) is 4.24. The number of halogens is 1. The molecule has 0 radical (unpaired) electrons. The van der Waals surface area contributed by atoms with Gasteiger partial charge in [0, 0.05) is 25.8 Å². The van der Waals surface area contributed by atoms with E-state index in [4.69, 9.17) is 0 Å². The number of aliphatic hydroxyl groups is 1. The quantitative estimate of drug-likeness (QED) is 0.928. The molecule has 102 valence electrons. The van der Waals surface area contributed by atoms with E-state index in [0.29, 0.717) is 6.04 Å². The van der Waals surface area contributed by atoms with Gasteiger partial charge in [-0.15, -0.1) is 0 Å². The predicted molar refractivity (Wildman–Crippen MR) is 75.6 cm³/mol. The highest BCUT2D eigenvalue weighted by atomic mass is 79.9. The highest BCUT2D eigenvalue weighted by Gasteiger charge is 2.26. The van der Waals surface area contributed by atoms with Crippen LogP contribution in [0.15, 0.2) is 16.9 Å². The molecular weight excluding hydrogens is 294 g/mol. The van der Waals surface area contributed by atoms with E-state index in [2.05, 4.69) is 30.6 Å². The molecule has 2 heterocycles. The molecule has 1 aliphatic rings. The van der Waals surface area contributed by atoms with Gasteiger partial charge in [-0.3, -0.25) is 4.68 Å². The van der Waals surface area contributed by atoms with Crippen LogP contribution in [-0.4, -0.2) is 45.0 Å². The van der Waals surface area contributed by atoms with Crippen LogP contribution < -0.4 is 0 Å². The fraction of sp³-hybridized carbons (Fsp3) is 0.769. The summed E-state index contributed by atoms with van der Waals surface area (Å²) in [7, 11) is 0. The largest absolute Gasteiger partial charge is 0.389 e. The maximum Gasteiger partial charge on any atom is 0.0743 e. The van der Waals surface area contributed by atoms with E-state index in [1.54, 1.807) is 0 Å². The summed E-state index contributed by atoms with van der Waals surface area (Å²) >= 11 is 3.43. The Morgan fingerprint density at radius 3 is 2.67 bits per heavy atom. The lowest BCUT2D eigenvalue weighted by atomic mass is 9.99. The topological polar surface area (TPSA) is 41.3 Å². The third-order valence-electron chi connectivity index (χ3n) is 3.83. The van der Waals surface area contributed by atoms with Crippen molar-refractivity contribution in [2.45, 2.75) is 44.8 Å². The molecule has 1 aliphatic heterocycles. The van der Waals surface area contributed by atoms with E-state index in [1.807, 2.05) is 26.2 Å². The molecule has 5 heteroatoms. The second kappa shape index (κ2) is 5.72. The first kappa shape index (κ1) is 14.0. The van der Waals surface area contributed by atoms with Gasteiger partial charge >= 0.3 is 0 Å². The molecule has 1 N–H and O–H groups in total. The van der Waals surface area contributed by atoms with E-state index in [9.17, 15) is 5.11 Å². The molecule has 0 saturated carbocycles. The number of hydrogen-bond donors (Lipinski definition) is 1. The first-order valence-corrected chi connectivity index (χ1v) is 7.44. The van der Waals surface area contributed by atoms with E-state index < -0.39 is 5.60 Å². The summed E-state index contributed by atoms with van der Waals surface area (Å²) < 4.78 is 3.10. The van der Waals surface area contributed by atoms with Crippen LogP contribution in [0.2, 0.25) is 0 Å². The minimum atomic E-state index is -0.554. The molecular formula is C13H22BrN3O. The van der Waals surface area contributed by atoms with Gasteiger partial charge < -0.3 is 10.0 Å². The Bertz CT molecular complexity index is 383. The van der Waals surface area contributed by atoms with Crippen LogP contribution in [0.3, 0.4) is 0 Å². The van der Waals surface area contributed by atoms with Gasteiger partial charge in [0.15, 0.2) is 0 Å². The molecule has 1 fully saturated rings. The molecule has 0 bridgehead atoms. The van der Waals surface area contributed by atoms with Gasteiger partial charge in [0.1, 0.15) is 0 Å². The SMILES string of the molecule is CCC(C)(O)CN1CCC(n2cc(Br)cn2)CC1. The van der Waals surface area contributed by atoms with Crippen LogP contribution in [0.1, 0.15) is 39.2 Å². The standard InChI is InChI=1S/C13H22BrN3O/c1-3-13(2,18)10-16-6-4-12(5-7-16)17-9-11(14)8-15-17/h8-9,12,18H,3-7,10H2,1-2H3. The molecule has 2 rings (SSSR count). The van der Waals surface area contributed by atoms with Gasteiger partial charge in [-0.25, -0.2) is 0 Å². The molecule has 1 atom stereocenters. The predicted octanol–water partition coefficient (Wildman–Crippen LogP) is 2.44. The molecule has 18 heavy (non-hydrogen) atoms. The zero-order chi connectivity index (χ0) is 13.2. The molecule has 0 spiro atoms. The van der Waals surface area contributed by atoms with Crippen molar-refractivity contribution in [1.82, 2.24) is 14.7 Å². The van der Waals surface area contributed by atoms with Gasteiger partial charge in [0.25, 0.3) is 0 Å². The summed E-state index contributed by atoms with van der Waals surface area (Å²) in [5.41, 5.74) is -0.554. The van der Waals surface area contributed by atoms with Crippen LogP contribution in [0, 0.1) is 0 Å². The molecule has 1 aromatic heterocycles. The number of hydrogen-bond acceptors (Lipinski definition) is 3. The van der Waals surface area contributed by atoms with E-state index in [0.717, 1.165) is 43.4 Å². The second-order valence-electron chi connectivity index (χ2n) is 5.50. The maximum atomic E-state index is 10.1. The molecule has 1 saturated heterocycles. The number of β-amino-alcohol motifs (C(OH)–C–C–N with tert-alkyl or cyclic N) is 1. The molecule has 4 nitrogen and oxygen atoms in total. The molecule has 1 aromatic rings. The Labute approximate surface area is 117 Å². The zero-order valence-corrected chi connectivity index (χ0v) is 12.7. The number of piperidine rings is 1. The lowest BCUT2D eigenvalue weighted by Crippen LogP contribution is -2.44. The van der Waals surface area contributed by atoms with Gasteiger partial charge in [-0.1, -0.05) is 6.92 Å². The number of nitrogens with zero attached hydrogens (tertiary/aromatic N) is 3. The highest BCUT2D eigenvalue weighted by Crippen LogP contribution is 2.24. The van der Waals surface area contributed by atoms with Gasteiger partial charge in [-0.05, 0) is 42.1 Å². The average molecular weight is 316 g/mol. The maximum absolute atomic E-state index is 10.1. The Morgan fingerprint density at radius 1 is 1.50 bits per heavy atom. The van der Waals surface area contributed by atoms with Crippen molar-refractivity contribution >= 4 is 15.9 Å². The van der Waals surface area contributed by atoms with Crippen molar-refractivity contribution in [2.24, 2.45) is 0 Å². The van der Waals surface area contributed by atoms with E-state index in [1.165, 1.54) is 0 Å². The van der Waals surface area contributed by atoms with Crippen LogP contribution in [0.25, 0.3) is 0 Å². The van der Waals surface area contributed by atoms with E-state index in [-0.39, 0.29) is 0 Å².